The summed E-state index contributed by atoms with van der Waals surface area (Å²) in [5.74, 6) is 0.820. The van der Waals surface area contributed by atoms with E-state index in [1.54, 1.807) is 38.3 Å². The van der Waals surface area contributed by atoms with Gasteiger partial charge in [0.1, 0.15) is 5.75 Å². The molecule has 6 heteroatoms. The minimum atomic E-state index is -0.501. The fourth-order valence-electron chi connectivity index (χ4n) is 3.67. The summed E-state index contributed by atoms with van der Waals surface area (Å²) in [7, 11) is 1.65. The van der Waals surface area contributed by atoms with E-state index in [0.717, 1.165) is 43.5 Å². The number of amides is 2. The van der Waals surface area contributed by atoms with E-state index in [1.165, 1.54) is 0 Å². The average Bonchev–Trinajstić information content (AvgIpc) is 3.00. The molecule has 2 aromatic rings. The highest BCUT2D eigenvalue weighted by Gasteiger charge is 2.27. The Bertz CT molecular complexity index is 818. The van der Waals surface area contributed by atoms with E-state index >= 15 is 0 Å². The van der Waals surface area contributed by atoms with Crippen LogP contribution in [0.15, 0.2) is 48.5 Å². The van der Waals surface area contributed by atoms with Crippen LogP contribution in [0.3, 0.4) is 0 Å². The third-order valence-electron chi connectivity index (χ3n) is 5.17. The molecular formula is C23H28N2O4. The summed E-state index contributed by atoms with van der Waals surface area (Å²) in [5.41, 5.74) is 2.34. The standard InChI is InChI=1S/C23H28N2O4/c1-3-29-23(27)24-19-12-8-18(9-13-19)22(26)25-16-6-4-5-7-21(25)17-10-14-20(28-2)15-11-17/h8-15,21H,3-7,16H2,1-2H3,(H,24,27). The largest absolute Gasteiger partial charge is 0.497 e. The molecule has 154 valence electrons. The number of ether oxygens (including phenoxy) is 2. The number of methoxy groups -OCH3 is 1. The zero-order valence-electron chi connectivity index (χ0n) is 17.0. The summed E-state index contributed by atoms with van der Waals surface area (Å²) >= 11 is 0. The zero-order chi connectivity index (χ0) is 20.6. The van der Waals surface area contributed by atoms with Gasteiger partial charge in [-0.15, -0.1) is 0 Å². The maximum atomic E-state index is 13.3. The summed E-state index contributed by atoms with van der Waals surface area (Å²) in [6.07, 6.45) is 3.67. The maximum absolute atomic E-state index is 13.3. The third kappa shape index (κ3) is 5.28. The lowest BCUT2D eigenvalue weighted by atomic mass is 10.00. The Kier molecular flexibility index (Phi) is 7.11. The van der Waals surface area contributed by atoms with Gasteiger partial charge in [-0.1, -0.05) is 25.0 Å². The number of carbonyl (C=O) groups excluding carboxylic acids is 2. The Labute approximate surface area is 171 Å². The molecule has 1 unspecified atom stereocenters. The van der Waals surface area contributed by atoms with Crippen molar-refractivity contribution >= 4 is 17.7 Å². The van der Waals surface area contributed by atoms with E-state index in [2.05, 4.69) is 5.32 Å². The zero-order valence-corrected chi connectivity index (χ0v) is 17.0. The first-order valence-electron chi connectivity index (χ1n) is 10.1. The van der Waals surface area contributed by atoms with Gasteiger partial charge in [-0.2, -0.15) is 0 Å². The lowest BCUT2D eigenvalue weighted by Gasteiger charge is -2.31. The second-order valence-electron chi connectivity index (χ2n) is 7.06. The topological polar surface area (TPSA) is 67.9 Å². The number of benzene rings is 2. The van der Waals surface area contributed by atoms with Gasteiger partial charge in [-0.25, -0.2) is 4.79 Å². The number of rotatable bonds is 5. The minimum absolute atomic E-state index is 0.00963. The molecule has 2 aromatic carbocycles. The SMILES string of the molecule is CCOC(=O)Nc1ccc(C(=O)N2CCCCCC2c2ccc(OC)cc2)cc1. The second-order valence-corrected chi connectivity index (χ2v) is 7.06. The number of nitrogens with zero attached hydrogens (tertiary/aromatic N) is 1. The molecule has 0 aliphatic carbocycles. The van der Waals surface area contributed by atoms with Crippen molar-refractivity contribution in [1.82, 2.24) is 4.90 Å². The van der Waals surface area contributed by atoms with Crippen molar-refractivity contribution in [2.24, 2.45) is 0 Å². The van der Waals surface area contributed by atoms with Crippen LogP contribution in [-0.4, -0.2) is 37.2 Å². The number of carbonyl (C=O) groups is 2. The summed E-state index contributed by atoms with van der Waals surface area (Å²) in [6, 6.07) is 15.0. The van der Waals surface area contributed by atoms with Crippen molar-refractivity contribution in [3.05, 3.63) is 59.7 Å². The molecule has 2 amide bonds. The fraction of sp³-hybridized carbons (Fsp3) is 0.391. The van der Waals surface area contributed by atoms with E-state index in [-0.39, 0.29) is 11.9 Å². The Morgan fingerprint density at radius 2 is 1.76 bits per heavy atom. The van der Waals surface area contributed by atoms with E-state index in [4.69, 9.17) is 9.47 Å². The molecule has 1 fully saturated rings. The quantitative estimate of drug-likeness (QED) is 0.770. The first-order valence-corrected chi connectivity index (χ1v) is 10.1. The predicted octanol–water partition coefficient (Wildman–Crippen LogP) is 5.02. The molecule has 1 aliphatic rings. The molecule has 29 heavy (non-hydrogen) atoms. The molecule has 6 nitrogen and oxygen atoms in total. The molecule has 1 N–H and O–H groups in total. The van der Waals surface area contributed by atoms with E-state index < -0.39 is 6.09 Å². The molecule has 0 spiro atoms. The highest BCUT2D eigenvalue weighted by atomic mass is 16.5. The lowest BCUT2D eigenvalue weighted by molar-refractivity contribution is 0.0681. The molecule has 1 aliphatic heterocycles. The molecule has 1 atom stereocenters. The van der Waals surface area contributed by atoms with Crippen LogP contribution in [0.4, 0.5) is 10.5 Å². The van der Waals surface area contributed by atoms with Gasteiger partial charge in [0.2, 0.25) is 0 Å². The molecule has 3 rings (SSSR count). The van der Waals surface area contributed by atoms with Crippen molar-refractivity contribution in [1.29, 1.82) is 0 Å². The van der Waals surface area contributed by atoms with Gasteiger partial charge >= 0.3 is 6.09 Å². The number of anilines is 1. The van der Waals surface area contributed by atoms with Crippen LogP contribution in [0, 0.1) is 0 Å². The van der Waals surface area contributed by atoms with Gasteiger partial charge in [0, 0.05) is 17.8 Å². The first kappa shape index (κ1) is 20.7. The smallest absolute Gasteiger partial charge is 0.411 e. The van der Waals surface area contributed by atoms with Crippen LogP contribution >= 0.6 is 0 Å². The summed E-state index contributed by atoms with van der Waals surface area (Å²) < 4.78 is 10.1. The number of hydrogen-bond acceptors (Lipinski definition) is 4. The van der Waals surface area contributed by atoms with Crippen LogP contribution in [0.5, 0.6) is 5.75 Å². The summed E-state index contributed by atoms with van der Waals surface area (Å²) in [6.45, 7) is 2.80. The van der Waals surface area contributed by atoms with Gasteiger partial charge < -0.3 is 14.4 Å². The van der Waals surface area contributed by atoms with Gasteiger partial charge in [-0.3, -0.25) is 10.1 Å². The van der Waals surface area contributed by atoms with E-state index in [1.807, 2.05) is 29.2 Å². The van der Waals surface area contributed by atoms with Crippen molar-refractivity contribution < 1.29 is 19.1 Å². The predicted molar refractivity (Wildman–Crippen MR) is 112 cm³/mol. The van der Waals surface area contributed by atoms with E-state index in [0.29, 0.717) is 17.9 Å². The minimum Gasteiger partial charge on any atom is -0.497 e. The third-order valence-corrected chi connectivity index (χ3v) is 5.17. The molecule has 1 saturated heterocycles. The van der Waals surface area contributed by atoms with Gasteiger partial charge in [0.25, 0.3) is 5.91 Å². The molecular weight excluding hydrogens is 368 g/mol. The van der Waals surface area contributed by atoms with Crippen LogP contribution in [-0.2, 0) is 4.74 Å². The highest BCUT2D eigenvalue weighted by Crippen LogP contribution is 2.32. The van der Waals surface area contributed by atoms with Crippen molar-refractivity contribution in [3.63, 3.8) is 0 Å². The highest BCUT2D eigenvalue weighted by molar-refractivity contribution is 5.95. The monoisotopic (exact) mass is 396 g/mol. The number of nitrogens with one attached hydrogen (secondary N) is 1. The Balaban J connectivity index is 1.77. The van der Waals surface area contributed by atoms with Crippen LogP contribution in [0.2, 0.25) is 0 Å². The van der Waals surface area contributed by atoms with Gasteiger partial charge in [-0.05, 0) is 61.7 Å². The Morgan fingerprint density at radius 3 is 2.41 bits per heavy atom. The van der Waals surface area contributed by atoms with Crippen molar-refractivity contribution in [3.8, 4) is 5.75 Å². The first-order chi connectivity index (χ1) is 14.1. The number of likely N-dealkylation sites (tertiary alicyclic amines) is 1. The Morgan fingerprint density at radius 1 is 1.03 bits per heavy atom. The molecule has 0 bridgehead atoms. The van der Waals surface area contributed by atoms with Crippen molar-refractivity contribution in [2.75, 3.05) is 25.6 Å². The van der Waals surface area contributed by atoms with Crippen molar-refractivity contribution in [2.45, 2.75) is 38.6 Å². The average molecular weight is 396 g/mol. The van der Waals surface area contributed by atoms with E-state index in [9.17, 15) is 9.59 Å². The van der Waals surface area contributed by atoms with Gasteiger partial charge in [0.05, 0.1) is 19.8 Å². The second kappa shape index (κ2) is 9.96. The van der Waals surface area contributed by atoms with Crippen LogP contribution in [0.25, 0.3) is 0 Å². The molecule has 0 saturated carbocycles. The number of hydrogen-bond donors (Lipinski definition) is 1. The lowest BCUT2D eigenvalue weighted by Crippen LogP contribution is -2.34. The van der Waals surface area contributed by atoms with Crippen LogP contribution < -0.4 is 10.1 Å². The fourth-order valence-corrected chi connectivity index (χ4v) is 3.67. The summed E-state index contributed by atoms with van der Waals surface area (Å²) in [5, 5.41) is 2.65. The Hall–Kier alpha value is -3.02. The maximum Gasteiger partial charge on any atom is 0.411 e. The molecule has 0 aromatic heterocycles. The normalized spacial score (nSPS) is 16.6. The van der Waals surface area contributed by atoms with Gasteiger partial charge in [0.15, 0.2) is 0 Å². The summed E-state index contributed by atoms with van der Waals surface area (Å²) in [4.78, 5) is 26.8. The molecule has 0 radical (unpaired) electrons. The van der Waals surface area contributed by atoms with Crippen LogP contribution in [0.1, 0.15) is 54.6 Å². The molecule has 1 heterocycles.